The molecule has 1 heterocycles. The van der Waals surface area contributed by atoms with E-state index in [0.29, 0.717) is 13.1 Å². The van der Waals surface area contributed by atoms with E-state index in [1.165, 1.54) is 23.5 Å². The highest BCUT2D eigenvalue weighted by Gasteiger charge is 2.31. The molecule has 3 rings (SSSR count). The Kier molecular flexibility index (Phi) is 5.76. The number of ether oxygens (including phenoxy) is 2. The summed E-state index contributed by atoms with van der Waals surface area (Å²) >= 11 is 0. The maximum absolute atomic E-state index is 13.1. The lowest BCUT2D eigenvalue weighted by atomic mass is 10.2. The van der Waals surface area contributed by atoms with Crippen LogP contribution < -0.4 is 19.5 Å². The average molecular weight is 405 g/mol. The van der Waals surface area contributed by atoms with Gasteiger partial charge in [-0.3, -0.25) is 0 Å². The Morgan fingerprint density at radius 2 is 1.61 bits per heavy atom. The molecule has 8 nitrogen and oxygen atoms in total. The summed E-state index contributed by atoms with van der Waals surface area (Å²) in [6.07, 6.45) is 0. The van der Waals surface area contributed by atoms with Gasteiger partial charge in [0.2, 0.25) is 10.0 Å². The molecule has 0 saturated carbocycles. The number of carbonyl (C=O) groups is 1. The summed E-state index contributed by atoms with van der Waals surface area (Å²) in [5, 5.41) is 11.1. The van der Waals surface area contributed by atoms with Gasteiger partial charge < -0.3 is 24.3 Å². The van der Waals surface area contributed by atoms with E-state index in [-0.39, 0.29) is 29.3 Å². The highest BCUT2D eigenvalue weighted by Crippen LogP contribution is 2.31. The first-order valence-corrected chi connectivity index (χ1v) is 10.1. The lowest BCUT2D eigenvalue weighted by Gasteiger charge is -2.36. The molecule has 0 amide bonds. The molecule has 0 aliphatic carbocycles. The zero-order valence-corrected chi connectivity index (χ0v) is 16.4. The van der Waals surface area contributed by atoms with E-state index in [4.69, 9.17) is 9.47 Å². The number of carboxylic acids is 1. The number of para-hydroxylation sites is 2. The average Bonchev–Trinajstić information content (AvgIpc) is 2.73. The normalized spacial score (nSPS) is 15.3. The quantitative estimate of drug-likeness (QED) is 0.693. The Morgan fingerprint density at radius 1 is 0.964 bits per heavy atom. The Balaban J connectivity index is 1.84. The van der Waals surface area contributed by atoms with Gasteiger partial charge in [0.1, 0.15) is 16.4 Å². The maximum Gasteiger partial charge on any atom is 0.246 e. The van der Waals surface area contributed by atoms with Crippen LogP contribution in [0.25, 0.3) is 0 Å². The zero-order valence-electron chi connectivity index (χ0n) is 15.6. The third-order valence-electron chi connectivity index (χ3n) is 4.68. The van der Waals surface area contributed by atoms with E-state index < -0.39 is 16.0 Å². The molecule has 2 aromatic carbocycles. The predicted molar refractivity (Wildman–Crippen MR) is 101 cm³/mol. The van der Waals surface area contributed by atoms with Gasteiger partial charge >= 0.3 is 0 Å². The number of sulfonamides is 1. The van der Waals surface area contributed by atoms with Gasteiger partial charge in [-0.15, -0.1) is 0 Å². The van der Waals surface area contributed by atoms with Crippen LogP contribution in [-0.4, -0.2) is 59.1 Å². The lowest BCUT2D eigenvalue weighted by molar-refractivity contribution is -0.255. The van der Waals surface area contributed by atoms with Gasteiger partial charge in [0.25, 0.3) is 0 Å². The molecule has 150 valence electrons. The fourth-order valence-electron chi connectivity index (χ4n) is 3.20. The molecule has 1 aliphatic rings. The molecule has 0 spiro atoms. The third-order valence-corrected chi connectivity index (χ3v) is 6.60. The van der Waals surface area contributed by atoms with Crippen LogP contribution in [0.3, 0.4) is 0 Å². The van der Waals surface area contributed by atoms with Crippen LogP contribution in [-0.2, 0) is 10.0 Å². The number of carbonyl (C=O) groups excluding carboxylic acids is 1. The SMILES string of the molecule is COc1ccccc1N1CCN(S(=O)(=O)c2cc(C(=O)[O-])ccc2OC)CC1. The lowest BCUT2D eigenvalue weighted by Crippen LogP contribution is -2.48. The van der Waals surface area contributed by atoms with Crippen molar-refractivity contribution in [1.29, 1.82) is 0 Å². The van der Waals surface area contributed by atoms with Crippen molar-refractivity contribution in [1.82, 2.24) is 4.31 Å². The first-order chi connectivity index (χ1) is 13.4. The number of hydrogen-bond acceptors (Lipinski definition) is 7. The molecule has 0 radical (unpaired) electrons. The molecule has 0 bridgehead atoms. The van der Waals surface area contributed by atoms with E-state index >= 15 is 0 Å². The van der Waals surface area contributed by atoms with Gasteiger partial charge in [0, 0.05) is 26.2 Å². The van der Waals surface area contributed by atoms with Gasteiger partial charge in [-0.1, -0.05) is 12.1 Å². The first-order valence-electron chi connectivity index (χ1n) is 8.66. The Hall–Kier alpha value is -2.78. The summed E-state index contributed by atoms with van der Waals surface area (Å²) < 4.78 is 38.0. The van der Waals surface area contributed by atoms with Crippen LogP contribution in [0.15, 0.2) is 47.4 Å². The van der Waals surface area contributed by atoms with Gasteiger partial charge in [-0.05, 0) is 35.9 Å². The van der Waals surface area contributed by atoms with Crippen LogP contribution in [0.2, 0.25) is 0 Å². The number of hydrogen-bond donors (Lipinski definition) is 0. The monoisotopic (exact) mass is 405 g/mol. The van der Waals surface area contributed by atoms with Crippen LogP contribution >= 0.6 is 0 Å². The Morgan fingerprint density at radius 3 is 2.21 bits per heavy atom. The van der Waals surface area contributed by atoms with E-state index in [1.54, 1.807) is 7.11 Å². The number of nitrogens with zero attached hydrogens (tertiary/aromatic N) is 2. The zero-order chi connectivity index (χ0) is 20.3. The largest absolute Gasteiger partial charge is 0.545 e. The van der Waals surface area contributed by atoms with E-state index in [9.17, 15) is 18.3 Å². The Labute approximate surface area is 164 Å². The fourth-order valence-corrected chi connectivity index (χ4v) is 4.81. The number of aromatic carboxylic acids is 1. The van der Waals surface area contributed by atoms with E-state index in [0.717, 1.165) is 17.5 Å². The second kappa shape index (κ2) is 8.07. The smallest absolute Gasteiger partial charge is 0.246 e. The Bertz CT molecular complexity index is 968. The highest BCUT2D eigenvalue weighted by atomic mass is 32.2. The summed E-state index contributed by atoms with van der Waals surface area (Å²) in [7, 11) is -0.989. The molecule has 0 atom stereocenters. The van der Waals surface area contributed by atoms with Crippen molar-refractivity contribution >= 4 is 21.7 Å². The minimum Gasteiger partial charge on any atom is -0.545 e. The minimum atomic E-state index is -3.92. The summed E-state index contributed by atoms with van der Waals surface area (Å²) in [5.41, 5.74) is 0.686. The van der Waals surface area contributed by atoms with Crippen LogP contribution in [0.4, 0.5) is 5.69 Å². The number of piperazine rings is 1. The molecule has 0 aromatic heterocycles. The maximum atomic E-state index is 13.1. The second-order valence-corrected chi connectivity index (χ2v) is 8.12. The molecule has 9 heteroatoms. The van der Waals surface area contributed by atoms with Crippen molar-refractivity contribution in [2.75, 3.05) is 45.3 Å². The van der Waals surface area contributed by atoms with Crippen LogP contribution in [0.1, 0.15) is 10.4 Å². The molecular formula is C19H21N2O6S-. The topological polar surface area (TPSA) is 99.2 Å². The summed E-state index contributed by atoms with van der Waals surface area (Å²) in [4.78, 5) is 13.0. The van der Waals surface area contributed by atoms with Crippen molar-refractivity contribution in [3.05, 3.63) is 48.0 Å². The van der Waals surface area contributed by atoms with Crippen LogP contribution in [0, 0.1) is 0 Å². The summed E-state index contributed by atoms with van der Waals surface area (Å²) in [5.74, 6) is -0.626. The number of carboxylic acid groups (broad SMARTS) is 1. The van der Waals surface area contributed by atoms with E-state index in [2.05, 4.69) is 4.90 Å². The minimum absolute atomic E-state index is 0.0946. The highest BCUT2D eigenvalue weighted by molar-refractivity contribution is 7.89. The van der Waals surface area contributed by atoms with Crippen molar-refractivity contribution in [3.63, 3.8) is 0 Å². The van der Waals surface area contributed by atoms with Crippen molar-refractivity contribution in [2.24, 2.45) is 0 Å². The fraction of sp³-hybridized carbons (Fsp3) is 0.316. The number of rotatable bonds is 6. The number of methoxy groups -OCH3 is 2. The van der Waals surface area contributed by atoms with Gasteiger partial charge in [-0.2, -0.15) is 4.31 Å². The molecule has 1 fully saturated rings. The summed E-state index contributed by atoms with van der Waals surface area (Å²) in [6.45, 7) is 1.45. The summed E-state index contributed by atoms with van der Waals surface area (Å²) in [6, 6.07) is 11.2. The molecule has 1 aliphatic heterocycles. The van der Waals surface area contributed by atoms with E-state index in [1.807, 2.05) is 24.3 Å². The molecule has 2 aromatic rings. The van der Waals surface area contributed by atoms with Crippen molar-refractivity contribution in [2.45, 2.75) is 4.90 Å². The first kappa shape index (κ1) is 20.0. The van der Waals surface area contributed by atoms with Crippen molar-refractivity contribution in [3.8, 4) is 11.5 Å². The number of anilines is 1. The van der Waals surface area contributed by atoms with Crippen LogP contribution in [0.5, 0.6) is 11.5 Å². The van der Waals surface area contributed by atoms with Gasteiger partial charge in [0.15, 0.2) is 0 Å². The molecule has 1 saturated heterocycles. The molecule has 0 N–H and O–H groups in total. The van der Waals surface area contributed by atoms with Gasteiger partial charge in [0.05, 0.1) is 25.9 Å². The molecule has 28 heavy (non-hydrogen) atoms. The standard InChI is InChI=1S/C19H22N2O6S/c1-26-16-6-4-3-5-15(16)20-9-11-21(12-10-20)28(24,25)18-13-14(19(22)23)7-8-17(18)27-2/h3-8,13H,9-12H2,1-2H3,(H,22,23)/p-1. The predicted octanol–water partition coefficient (Wildman–Crippen LogP) is 0.578. The second-order valence-electron chi connectivity index (χ2n) is 6.22. The molecular weight excluding hydrogens is 384 g/mol. The van der Waals surface area contributed by atoms with Crippen molar-refractivity contribution < 1.29 is 27.8 Å². The van der Waals surface area contributed by atoms with Gasteiger partial charge in [-0.25, -0.2) is 8.42 Å². The third kappa shape index (κ3) is 3.76. The number of benzene rings is 2. The molecule has 0 unspecified atom stereocenters.